The van der Waals surface area contributed by atoms with Crippen LogP contribution in [0.15, 0.2) is 59.8 Å². The smallest absolute Gasteiger partial charge is 0.254 e. The monoisotopic (exact) mass is 489 g/mol. The van der Waals surface area contributed by atoms with Crippen LogP contribution in [-0.2, 0) is 5.75 Å². The van der Waals surface area contributed by atoms with Gasteiger partial charge in [-0.25, -0.2) is 9.50 Å². The number of ether oxygens (including phenoxy) is 2. The molecule has 1 amide bonds. The van der Waals surface area contributed by atoms with Gasteiger partial charge in [0.25, 0.3) is 11.7 Å². The minimum Gasteiger partial charge on any atom is -0.486 e. The quantitative estimate of drug-likeness (QED) is 0.357. The van der Waals surface area contributed by atoms with E-state index in [1.807, 2.05) is 80.3 Å². The fourth-order valence-corrected chi connectivity index (χ4v) is 4.95. The largest absolute Gasteiger partial charge is 0.486 e. The Kier molecular flexibility index (Phi) is 6.59. The molecule has 5 rings (SSSR count). The van der Waals surface area contributed by atoms with Gasteiger partial charge in [0, 0.05) is 29.2 Å². The number of rotatable bonds is 7. The van der Waals surface area contributed by atoms with Gasteiger partial charge in [0.1, 0.15) is 6.61 Å². The normalized spacial score (nSPS) is 14.8. The van der Waals surface area contributed by atoms with Gasteiger partial charge in [-0.2, -0.15) is 4.98 Å². The van der Waals surface area contributed by atoms with Crippen molar-refractivity contribution in [2.75, 3.05) is 19.7 Å². The lowest BCUT2D eigenvalue weighted by atomic mass is 10.1. The lowest BCUT2D eigenvalue weighted by Crippen LogP contribution is -2.43. The van der Waals surface area contributed by atoms with E-state index < -0.39 is 0 Å². The van der Waals surface area contributed by atoms with E-state index in [-0.39, 0.29) is 12.0 Å². The van der Waals surface area contributed by atoms with Crippen molar-refractivity contribution >= 4 is 23.4 Å². The first-order chi connectivity index (χ1) is 17.0. The van der Waals surface area contributed by atoms with Crippen molar-refractivity contribution in [2.45, 2.75) is 37.8 Å². The SMILES string of the molecule is CCN(C[C@@H]1COc2ccccc2O1)C(=O)c1ccccc1CSc1nc2nc(C)cc(C)n2n1. The molecule has 9 heteroatoms. The predicted octanol–water partition coefficient (Wildman–Crippen LogP) is 4.34. The highest BCUT2D eigenvalue weighted by atomic mass is 32.2. The zero-order chi connectivity index (χ0) is 24.4. The summed E-state index contributed by atoms with van der Waals surface area (Å²) in [6.45, 7) is 7.33. The van der Waals surface area contributed by atoms with E-state index in [4.69, 9.17) is 9.47 Å². The molecule has 0 saturated heterocycles. The number of likely N-dealkylation sites (N-methyl/N-ethyl adjacent to an activating group) is 1. The number of nitrogens with zero attached hydrogens (tertiary/aromatic N) is 5. The second-order valence-corrected chi connectivity index (χ2v) is 9.37. The fourth-order valence-electron chi connectivity index (χ4n) is 4.13. The van der Waals surface area contributed by atoms with Crippen molar-refractivity contribution in [1.82, 2.24) is 24.5 Å². The van der Waals surface area contributed by atoms with Crippen LogP contribution in [0.5, 0.6) is 11.5 Å². The number of para-hydroxylation sites is 2. The molecule has 0 radical (unpaired) electrons. The number of carbonyl (C=O) groups excluding carboxylic acids is 1. The molecule has 0 aliphatic carbocycles. The van der Waals surface area contributed by atoms with Gasteiger partial charge in [-0.15, -0.1) is 5.10 Å². The summed E-state index contributed by atoms with van der Waals surface area (Å²) in [7, 11) is 0. The molecule has 0 fully saturated rings. The number of hydrogen-bond donors (Lipinski definition) is 0. The Bertz CT molecular complexity index is 1370. The number of hydrogen-bond acceptors (Lipinski definition) is 7. The van der Waals surface area contributed by atoms with Crippen LogP contribution in [0.1, 0.15) is 34.2 Å². The molecular weight excluding hydrogens is 462 g/mol. The van der Waals surface area contributed by atoms with Crippen molar-refractivity contribution in [1.29, 1.82) is 0 Å². The van der Waals surface area contributed by atoms with Gasteiger partial charge in [-0.05, 0) is 50.6 Å². The summed E-state index contributed by atoms with van der Waals surface area (Å²) in [4.78, 5) is 24.3. The molecular formula is C26H27N5O3S. The van der Waals surface area contributed by atoms with E-state index in [1.165, 1.54) is 11.8 Å². The number of carbonyl (C=O) groups is 1. The first kappa shape index (κ1) is 23.2. The summed E-state index contributed by atoms with van der Waals surface area (Å²) in [6, 6.07) is 17.3. The summed E-state index contributed by atoms with van der Waals surface area (Å²) < 4.78 is 13.7. The molecule has 1 aliphatic rings. The predicted molar refractivity (Wildman–Crippen MR) is 134 cm³/mol. The van der Waals surface area contributed by atoms with E-state index >= 15 is 0 Å². The molecule has 0 unspecified atom stereocenters. The maximum atomic E-state index is 13.5. The highest BCUT2D eigenvalue weighted by Crippen LogP contribution is 2.31. The summed E-state index contributed by atoms with van der Waals surface area (Å²) >= 11 is 1.49. The van der Waals surface area contributed by atoms with Gasteiger partial charge in [-0.1, -0.05) is 42.1 Å². The summed E-state index contributed by atoms with van der Waals surface area (Å²) in [5.41, 5.74) is 3.50. The Hall–Kier alpha value is -3.59. The Labute approximate surface area is 208 Å². The Balaban J connectivity index is 1.29. The third-order valence-electron chi connectivity index (χ3n) is 5.86. The van der Waals surface area contributed by atoms with Crippen LogP contribution < -0.4 is 9.47 Å². The molecule has 3 heterocycles. The summed E-state index contributed by atoms with van der Waals surface area (Å²) in [5, 5.41) is 5.20. The number of aryl methyl sites for hydroxylation is 2. The Morgan fingerprint density at radius 1 is 1.11 bits per heavy atom. The van der Waals surface area contributed by atoms with E-state index in [0.29, 0.717) is 47.7 Å². The molecule has 2 aromatic carbocycles. The maximum absolute atomic E-state index is 13.5. The topological polar surface area (TPSA) is 81.9 Å². The van der Waals surface area contributed by atoms with Crippen molar-refractivity contribution in [3.05, 3.63) is 77.1 Å². The van der Waals surface area contributed by atoms with Crippen molar-refractivity contribution < 1.29 is 14.3 Å². The first-order valence-corrected chi connectivity index (χ1v) is 12.6. The maximum Gasteiger partial charge on any atom is 0.254 e. The average Bonchev–Trinajstić information content (AvgIpc) is 3.29. The second kappa shape index (κ2) is 9.95. The number of benzene rings is 2. The lowest BCUT2D eigenvalue weighted by Gasteiger charge is -2.31. The van der Waals surface area contributed by atoms with E-state index in [2.05, 4.69) is 15.1 Å². The molecule has 180 valence electrons. The molecule has 0 saturated carbocycles. The standard InChI is InChI=1S/C26H27N5O3S/c1-4-30(14-20-15-33-22-11-7-8-12-23(22)34-20)24(32)21-10-6-5-9-19(21)16-35-26-28-25-27-17(2)13-18(3)31(25)29-26/h5-13,20H,4,14-16H2,1-3H3/t20-/m1/s1. The summed E-state index contributed by atoms with van der Waals surface area (Å²) in [5.74, 6) is 2.58. The molecule has 0 N–H and O–H groups in total. The van der Waals surface area contributed by atoms with E-state index in [0.717, 1.165) is 22.7 Å². The third-order valence-corrected chi connectivity index (χ3v) is 6.75. The van der Waals surface area contributed by atoms with E-state index in [1.54, 1.807) is 4.52 Å². The molecule has 2 aromatic heterocycles. The van der Waals surface area contributed by atoms with Crippen LogP contribution in [0.4, 0.5) is 0 Å². The Morgan fingerprint density at radius 3 is 2.71 bits per heavy atom. The number of thioether (sulfide) groups is 1. The minimum atomic E-state index is -0.225. The zero-order valence-electron chi connectivity index (χ0n) is 20.0. The molecule has 35 heavy (non-hydrogen) atoms. The molecule has 0 spiro atoms. The molecule has 8 nitrogen and oxygen atoms in total. The van der Waals surface area contributed by atoms with Gasteiger partial charge in [0.05, 0.1) is 6.54 Å². The highest BCUT2D eigenvalue weighted by Gasteiger charge is 2.26. The van der Waals surface area contributed by atoms with Crippen molar-refractivity contribution in [3.8, 4) is 11.5 Å². The minimum absolute atomic E-state index is 0.0257. The summed E-state index contributed by atoms with van der Waals surface area (Å²) in [6.07, 6.45) is -0.225. The van der Waals surface area contributed by atoms with Gasteiger partial charge >= 0.3 is 0 Å². The van der Waals surface area contributed by atoms with E-state index in [9.17, 15) is 4.79 Å². The average molecular weight is 490 g/mol. The third kappa shape index (κ3) is 4.95. The van der Waals surface area contributed by atoms with Crippen LogP contribution in [0.25, 0.3) is 5.78 Å². The van der Waals surface area contributed by atoms with Crippen LogP contribution >= 0.6 is 11.8 Å². The lowest BCUT2D eigenvalue weighted by molar-refractivity contribution is 0.0474. The van der Waals surface area contributed by atoms with Gasteiger partial charge in [0.2, 0.25) is 5.16 Å². The van der Waals surface area contributed by atoms with Crippen LogP contribution in [-0.4, -0.2) is 56.2 Å². The second-order valence-electron chi connectivity index (χ2n) is 8.43. The molecule has 0 bridgehead atoms. The van der Waals surface area contributed by atoms with Crippen LogP contribution in [0.3, 0.4) is 0 Å². The van der Waals surface area contributed by atoms with Crippen LogP contribution in [0, 0.1) is 13.8 Å². The van der Waals surface area contributed by atoms with Crippen molar-refractivity contribution in [2.24, 2.45) is 0 Å². The van der Waals surface area contributed by atoms with Gasteiger partial charge < -0.3 is 14.4 Å². The van der Waals surface area contributed by atoms with Gasteiger partial charge in [0.15, 0.2) is 17.6 Å². The van der Waals surface area contributed by atoms with Gasteiger partial charge in [-0.3, -0.25) is 4.79 Å². The fraction of sp³-hybridized carbons (Fsp3) is 0.308. The molecule has 1 aliphatic heterocycles. The molecule has 1 atom stereocenters. The highest BCUT2D eigenvalue weighted by molar-refractivity contribution is 7.98. The Morgan fingerprint density at radius 2 is 1.89 bits per heavy atom. The van der Waals surface area contributed by atoms with Crippen molar-refractivity contribution in [3.63, 3.8) is 0 Å². The number of amides is 1. The first-order valence-electron chi connectivity index (χ1n) is 11.6. The number of aromatic nitrogens is 4. The van der Waals surface area contributed by atoms with Crippen LogP contribution in [0.2, 0.25) is 0 Å². The number of fused-ring (bicyclic) bond motifs is 2. The zero-order valence-corrected chi connectivity index (χ0v) is 20.8. The molecule has 4 aromatic rings.